The first-order valence-electron chi connectivity index (χ1n) is 12.0. The molecule has 0 unspecified atom stereocenters. The second kappa shape index (κ2) is 12.2. The van der Waals surface area contributed by atoms with Crippen LogP contribution in [0, 0.1) is 0 Å². The van der Waals surface area contributed by atoms with Crippen molar-refractivity contribution in [2.24, 2.45) is 0 Å². The molecule has 3 N–H and O–H groups in total. The van der Waals surface area contributed by atoms with Gasteiger partial charge in [-0.3, -0.25) is 19.6 Å². The molecule has 192 valence electrons. The van der Waals surface area contributed by atoms with Crippen LogP contribution < -0.4 is 10.6 Å². The Morgan fingerprint density at radius 3 is 2.46 bits per heavy atom. The van der Waals surface area contributed by atoms with Crippen LogP contribution in [0.1, 0.15) is 44.8 Å². The largest absolute Gasteiger partial charge is 0.348 e. The number of halogens is 2. The minimum Gasteiger partial charge on any atom is -0.348 e. The molecule has 1 aliphatic rings. The maximum atomic E-state index is 13.0. The highest BCUT2D eigenvalue weighted by Gasteiger charge is 2.24. The molecule has 1 aromatic heterocycles. The fourth-order valence-electron chi connectivity index (χ4n) is 4.38. The van der Waals surface area contributed by atoms with Gasteiger partial charge in [0.05, 0.1) is 27.5 Å². The quantitative estimate of drug-likeness (QED) is 0.307. The van der Waals surface area contributed by atoms with Gasteiger partial charge in [-0.25, -0.2) is 0 Å². The lowest BCUT2D eigenvalue weighted by molar-refractivity contribution is 0.0904. The van der Waals surface area contributed by atoms with Crippen molar-refractivity contribution in [1.82, 2.24) is 20.4 Å². The molecule has 0 saturated carbocycles. The summed E-state index contributed by atoms with van der Waals surface area (Å²) in [5, 5.41) is 12.8. The van der Waals surface area contributed by atoms with Gasteiger partial charge in [-0.15, -0.1) is 0 Å². The van der Waals surface area contributed by atoms with Crippen LogP contribution in [-0.2, 0) is 13.0 Å². The van der Waals surface area contributed by atoms with Gasteiger partial charge in [-0.2, -0.15) is 5.10 Å². The highest BCUT2D eigenvalue weighted by molar-refractivity contribution is 6.40. The van der Waals surface area contributed by atoms with Gasteiger partial charge in [0.1, 0.15) is 5.69 Å². The number of hydrogen-bond acceptors (Lipinski definition) is 4. The summed E-state index contributed by atoms with van der Waals surface area (Å²) in [4.78, 5) is 28.1. The summed E-state index contributed by atoms with van der Waals surface area (Å²) in [6, 6.07) is 13.4. The summed E-state index contributed by atoms with van der Waals surface area (Å²) in [5.74, 6) is -0.844. The van der Waals surface area contributed by atoms with E-state index in [-0.39, 0.29) is 38.9 Å². The fourth-order valence-corrected chi connectivity index (χ4v) is 4.95. The Morgan fingerprint density at radius 2 is 1.76 bits per heavy atom. The van der Waals surface area contributed by atoms with E-state index >= 15 is 0 Å². The SMILES string of the molecule is C=CC(=C)Cc1cccc(CN2CCC(NC(=O)c3[nH]ncc3NC(=O)c3c(Cl)cccc3Cl)CC2)c1. The van der Waals surface area contributed by atoms with E-state index in [1.54, 1.807) is 24.3 Å². The average Bonchev–Trinajstić information content (AvgIpc) is 3.33. The van der Waals surface area contributed by atoms with Gasteiger partial charge >= 0.3 is 0 Å². The van der Waals surface area contributed by atoms with Crippen LogP contribution in [0.25, 0.3) is 0 Å². The van der Waals surface area contributed by atoms with Crippen molar-refractivity contribution in [3.8, 4) is 0 Å². The van der Waals surface area contributed by atoms with Crippen molar-refractivity contribution in [3.63, 3.8) is 0 Å². The summed E-state index contributed by atoms with van der Waals surface area (Å²) in [5.41, 5.74) is 4.06. The molecule has 2 aromatic carbocycles. The number of piperidine rings is 1. The molecule has 0 atom stereocenters. The van der Waals surface area contributed by atoms with E-state index < -0.39 is 5.91 Å². The summed E-state index contributed by atoms with van der Waals surface area (Å²) >= 11 is 12.3. The molecule has 2 amide bonds. The first-order valence-corrected chi connectivity index (χ1v) is 12.8. The number of H-pyrrole nitrogens is 1. The maximum Gasteiger partial charge on any atom is 0.271 e. The van der Waals surface area contributed by atoms with Crippen molar-refractivity contribution >= 4 is 40.7 Å². The van der Waals surface area contributed by atoms with Crippen LogP contribution in [0.15, 0.2) is 73.5 Å². The molecule has 1 fully saturated rings. The lowest BCUT2D eigenvalue weighted by Gasteiger charge is -2.32. The number of anilines is 1. The van der Waals surface area contributed by atoms with Crippen molar-refractivity contribution in [2.75, 3.05) is 18.4 Å². The maximum absolute atomic E-state index is 13.0. The number of carbonyl (C=O) groups excluding carboxylic acids is 2. The first-order chi connectivity index (χ1) is 17.8. The number of hydrogen-bond donors (Lipinski definition) is 3. The molecule has 4 rings (SSSR count). The lowest BCUT2D eigenvalue weighted by atomic mass is 10.0. The molecule has 9 heteroatoms. The number of benzene rings is 2. The number of rotatable bonds is 9. The van der Waals surface area contributed by atoms with Gasteiger partial charge in [-0.1, -0.05) is 78.3 Å². The van der Waals surface area contributed by atoms with Gasteiger partial charge in [-0.05, 0) is 42.5 Å². The summed E-state index contributed by atoms with van der Waals surface area (Å²) in [6.45, 7) is 10.4. The molecule has 1 saturated heterocycles. The standard InChI is InChI=1S/C28H29Cl2N5O2/c1-3-18(2)14-19-6-4-7-20(15-19)17-35-12-10-21(11-13-35)32-28(37)26-24(16-31-34-26)33-27(36)25-22(29)8-5-9-23(25)30/h3-9,15-16,21H,1-2,10-14,17H2,(H,31,34)(H,32,37)(H,33,36). The third kappa shape index (κ3) is 6.89. The summed E-state index contributed by atoms with van der Waals surface area (Å²) < 4.78 is 0. The minimum atomic E-state index is -0.516. The lowest BCUT2D eigenvalue weighted by Crippen LogP contribution is -2.44. The molecular weight excluding hydrogens is 509 g/mol. The molecule has 7 nitrogen and oxygen atoms in total. The second-order valence-electron chi connectivity index (χ2n) is 9.09. The smallest absolute Gasteiger partial charge is 0.271 e. The van der Waals surface area contributed by atoms with Gasteiger partial charge in [0.15, 0.2) is 0 Å². The number of likely N-dealkylation sites (tertiary alicyclic amines) is 1. The topological polar surface area (TPSA) is 90.1 Å². The van der Waals surface area contributed by atoms with Crippen molar-refractivity contribution in [1.29, 1.82) is 0 Å². The molecule has 0 bridgehead atoms. The number of carbonyl (C=O) groups is 2. The van der Waals surface area contributed by atoms with E-state index in [2.05, 4.69) is 63.2 Å². The number of nitrogens with zero attached hydrogens (tertiary/aromatic N) is 2. The van der Waals surface area contributed by atoms with Crippen LogP contribution >= 0.6 is 23.2 Å². The van der Waals surface area contributed by atoms with Crippen LogP contribution in [-0.4, -0.2) is 46.0 Å². The zero-order chi connectivity index (χ0) is 26.4. The number of aromatic nitrogens is 2. The molecule has 37 heavy (non-hydrogen) atoms. The van der Waals surface area contributed by atoms with Gasteiger partial charge in [0.25, 0.3) is 11.8 Å². The van der Waals surface area contributed by atoms with E-state index in [0.717, 1.165) is 44.5 Å². The zero-order valence-electron chi connectivity index (χ0n) is 20.4. The molecule has 0 aliphatic carbocycles. The normalized spacial score (nSPS) is 14.2. The monoisotopic (exact) mass is 537 g/mol. The van der Waals surface area contributed by atoms with Crippen molar-refractivity contribution in [3.05, 3.63) is 106 Å². The van der Waals surface area contributed by atoms with E-state index in [1.807, 2.05) is 0 Å². The average molecular weight is 538 g/mol. The third-order valence-electron chi connectivity index (χ3n) is 6.34. The number of amides is 2. The molecule has 3 aromatic rings. The Balaban J connectivity index is 1.30. The highest BCUT2D eigenvalue weighted by Crippen LogP contribution is 2.26. The highest BCUT2D eigenvalue weighted by atomic mass is 35.5. The molecule has 0 spiro atoms. The van der Waals surface area contributed by atoms with Crippen LogP contribution in [0.2, 0.25) is 10.0 Å². The first kappa shape index (κ1) is 26.7. The fraction of sp³-hybridized carbons (Fsp3) is 0.250. The van der Waals surface area contributed by atoms with E-state index in [4.69, 9.17) is 23.2 Å². The molecule has 1 aliphatic heterocycles. The van der Waals surface area contributed by atoms with E-state index in [9.17, 15) is 9.59 Å². The number of allylic oxidation sites excluding steroid dienone is 2. The predicted molar refractivity (Wildman–Crippen MR) is 148 cm³/mol. The predicted octanol–water partition coefficient (Wildman–Crippen LogP) is 5.65. The van der Waals surface area contributed by atoms with E-state index in [1.165, 1.54) is 17.3 Å². The number of aromatic amines is 1. The van der Waals surface area contributed by atoms with Gasteiger partial charge < -0.3 is 10.6 Å². The van der Waals surface area contributed by atoms with Gasteiger partial charge in [0, 0.05) is 25.7 Å². The number of nitrogens with one attached hydrogen (secondary N) is 3. The summed E-state index contributed by atoms with van der Waals surface area (Å²) in [7, 11) is 0. The third-order valence-corrected chi connectivity index (χ3v) is 6.97. The Kier molecular flexibility index (Phi) is 8.82. The molecule has 0 radical (unpaired) electrons. The van der Waals surface area contributed by atoms with Crippen molar-refractivity contribution in [2.45, 2.75) is 31.8 Å². The molecule has 2 heterocycles. The second-order valence-corrected chi connectivity index (χ2v) is 9.91. The Labute approximate surface area is 226 Å². The van der Waals surface area contributed by atoms with Crippen LogP contribution in [0.4, 0.5) is 5.69 Å². The van der Waals surface area contributed by atoms with Gasteiger partial charge in [0.2, 0.25) is 0 Å². The minimum absolute atomic E-state index is 0.0239. The van der Waals surface area contributed by atoms with E-state index in [0.29, 0.717) is 0 Å². The Morgan fingerprint density at radius 1 is 1.08 bits per heavy atom. The molecular formula is C28H29Cl2N5O2. The Hall–Kier alpha value is -3.39. The zero-order valence-corrected chi connectivity index (χ0v) is 21.9. The van der Waals surface area contributed by atoms with Crippen LogP contribution in [0.5, 0.6) is 0 Å². The summed E-state index contributed by atoms with van der Waals surface area (Å²) in [6.07, 6.45) is 5.62. The van der Waals surface area contributed by atoms with Crippen molar-refractivity contribution < 1.29 is 9.59 Å². The van der Waals surface area contributed by atoms with Crippen LogP contribution in [0.3, 0.4) is 0 Å². The Bertz CT molecular complexity index is 1290.